The summed E-state index contributed by atoms with van der Waals surface area (Å²) in [7, 11) is 0. The highest BCUT2D eigenvalue weighted by Crippen LogP contribution is 2.25. The van der Waals surface area contributed by atoms with Gasteiger partial charge in [0.15, 0.2) is 0 Å². The molecule has 17 heavy (non-hydrogen) atoms. The quantitative estimate of drug-likeness (QED) is 0.704. The Labute approximate surface area is 103 Å². The fourth-order valence-corrected chi connectivity index (χ4v) is 2.59. The lowest BCUT2D eigenvalue weighted by molar-refractivity contribution is 0.105. The van der Waals surface area contributed by atoms with Crippen molar-refractivity contribution in [3.63, 3.8) is 0 Å². The van der Waals surface area contributed by atoms with Crippen LogP contribution in [-0.4, -0.2) is 17.8 Å². The van der Waals surface area contributed by atoms with Crippen molar-refractivity contribution in [2.24, 2.45) is 5.92 Å². The Morgan fingerprint density at radius 3 is 2.94 bits per heavy atom. The van der Waals surface area contributed by atoms with E-state index >= 15 is 0 Å². The summed E-state index contributed by atoms with van der Waals surface area (Å²) in [6.07, 6.45) is 4.17. The third kappa shape index (κ3) is 3.37. The van der Waals surface area contributed by atoms with Crippen LogP contribution in [0.1, 0.15) is 31.2 Å². The van der Waals surface area contributed by atoms with Gasteiger partial charge >= 0.3 is 0 Å². The number of anilines is 2. The molecule has 1 saturated carbocycles. The van der Waals surface area contributed by atoms with E-state index in [9.17, 15) is 5.11 Å². The van der Waals surface area contributed by atoms with Crippen LogP contribution in [0.2, 0.25) is 0 Å². The third-order valence-corrected chi connectivity index (χ3v) is 3.59. The summed E-state index contributed by atoms with van der Waals surface area (Å²) in [5, 5.41) is 13.1. The van der Waals surface area contributed by atoms with E-state index in [2.05, 4.69) is 12.2 Å². The molecular formula is C14H22N2O. The number of aryl methyl sites for hydroxylation is 1. The summed E-state index contributed by atoms with van der Waals surface area (Å²) >= 11 is 0. The van der Waals surface area contributed by atoms with Gasteiger partial charge in [-0.2, -0.15) is 0 Å². The summed E-state index contributed by atoms with van der Waals surface area (Å²) in [5.74, 6) is 0.593. The Kier molecular flexibility index (Phi) is 3.89. The number of aliphatic hydroxyl groups is 1. The summed E-state index contributed by atoms with van der Waals surface area (Å²) < 4.78 is 0. The van der Waals surface area contributed by atoms with Gasteiger partial charge in [0.2, 0.25) is 0 Å². The molecule has 2 atom stereocenters. The third-order valence-electron chi connectivity index (χ3n) is 3.59. The highest BCUT2D eigenvalue weighted by Gasteiger charge is 2.19. The highest BCUT2D eigenvalue weighted by molar-refractivity contribution is 5.57. The first-order valence-electron chi connectivity index (χ1n) is 6.43. The van der Waals surface area contributed by atoms with Crippen LogP contribution in [0.15, 0.2) is 18.2 Å². The summed E-state index contributed by atoms with van der Waals surface area (Å²) in [4.78, 5) is 0. The lowest BCUT2D eigenvalue weighted by atomic mass is 9.87. The maximum Gasteiger partial charge on any atom is 0.0543 e. The predicted molar refractivity (Wildman–Crippen MR) is 72.0 cm³/mol. The second kappa shape index (κ2) is 5.41. The largest absolute Gasteiger partial charge is 0.399 e. The summed E-state index contributed by atoms with van der Waals surface area (Å²) in [6.45, 7) is 3.01. The molecule has 3 nitrogen and oxygen atoms in total. The molecule has 0 saturated heterocycles. The first kappa shape index (κ1) is 12.2. The maximum atomic E-state index is 9.62. The lowest BCUT2D eigenvalue weighted by Crippen LogP contribution is -2.25. The number of nitrogen functional groups attached to an aromatic ring is 1. The van der Waals surface area contributed by atoms with Gasteiger partial charge in [-0.05, 0) is 55.9 Å². The van der Waals surface area contributed by atoms with E-state index in [0.717, 1.165) is 37.2 Å². The van der Waals surface area contributed by atoms with Gasteiger partial charge in [-0.3, -0.25) is 0 Å². The summed E-state index contributed by atoms with van der Waals surface area (Å²) in [5.41, 5.74) is 8.86. The minimum absolute atomic E-state index is 0.0944. The smallest absolute Gasteiger partial charge is 0.0543 e. The van der Waals surface area contributed by atoms with Crippen molar-refractivity contribution in [3.8, 4) is 0 Å². The molecule has 0 spiro atoms. The van der Waals surface area contributed by atoms with Gasteiger partial charge in [0, 0.05) is 17.9 Å². The molecule has 0 heterocycles. The van der Waals surface area contributed by atoms with E-state index in [4.69, 9.17) is 5.73 Å². The van der Waals surface area contributed by atoms with Crippen LogP contribution in [0, 0.1) is 12.8 Å². The SMILES string of the molecule is Cc1cc(N)ccc1NCC1CCCC(O)C1. The molecule has 2 unspecified atom stereocenters. The van der Waals surface area contributed by atoms with Crippen LogP contribution in [0.25, 0.3) is 0 Å². The number of benzene rings is 1. The highest BCUT2D eigenvalue weighted by atomic mass is 16.3. The van der Waals surface area contributed by atoms with E-state index in [1.165, 1.54) is 12.0 Å². The van der Waals surface area contributed by atoms with Gasteiger partial charge in [-0.15, -0.1) is 0 Å². The van der Waals surface area contributed by atoms with Crippen LogP contribution in [0.3, 0.4) is 0 Å². The Bertz CT molecular complexity index is 378. The van der Waals surface area contributed by atoms with Crippen molar-refractivity contribution in [2.45, 2.75) is 38.7 Å². The number of nitrogens with two attached hydrogens (primary N) is 1. The van der Waals surface area contributed by atoms with Crippen molar-refractivity contribution >= 4 is 11.4 Å². The van der Waals surface area contributed by atoms with E-state index in [0.29, 0.717) is 5.92 Å². The zero-order valence-corrected chi connectivity index (χ0v) is 10.4. The number of hydrogen-bond donors (Lipinski definition) is 3. The molecule has 0 amide bonds. The van der Waals surface area contributed by atoms with Crippen molar-refractivity contribution in [2.75, 3.05) is 17.6 Å². The van der Waals surface area contributed by atoms with E-state index < -0.39 is 0 Å². The van der Waals surface area contributed by atoms with Crippen LogP contribution < -0.4 is 11.1 Å². The molecule has 1 fully saturated rings. The van der Waals surface area contributed by atoms with Gasteiger partial charge in [0.25, 0.3) is 0 Å². The van der Waals surface area contributed by atoms with Gasteiger partial charge < -0.3 is 16.2 Å². The molecule has 0 bridgehead atoms. The standard InChI is InChI=1S/C14H22N2O/c1-10-7-12(15)5-6-14(10)16-9-11-3-2-4-13(17)8-11/h5-7,11,13,16-17H,2-4,8-9,15H2,1H3. The first-order valence-corrected chi connectivity index (χ1v) is 6.43. The van der Waals surface area contributed by atoms with Crippen LogP contribution in [0.5, 0.6) is 0 Å². The predicted octanol–water partition coefficient (Wildman–Crippen LogP) is 2.54. The van der Waals surface area contributed by atoms with Crippen molar-refractivity contribution < 1.29 is 5.11 Å². The average molecular weight is 234 g/mol. The number of rotatable bonds is 3. The van der Waals surface area contributed by atoms with Gasteiger partial charge in [-0.25, -0.2) is 0 Å². The van der Waals surface area contributed by atoms with Crippen molar-refractivity contribution in [3.05, 3.63) is 23.8 Å². The van der Waals surface area contributed by atoms with Gasteiger partial charge in [-0.1, -0.05) is 6.42 Å². The molecular weight excluding hydrogens is 212 g/mol. The molecule has 1 aliphatic carbocycles. The van der Waals surface area contributed by atoms with E-state index in [-0.39, 0.29) is 6.10 Å². The first-order chi connectivity index (χ1) is 8.15. The van der Waals surface area contributed by atoms with Crippen LogP contribution in [-0.2, 0) is 0 Å². The van der Waals surface area contributed by atoms with Gasteiger partial charge in [0.05, 0.1) is 6.10 Å². The number of hydrogen-bond acceptors (Lipinski definition) is 3. The lowest BCUT2D eigenvalue weighted by Gasteiger charge is -2.26. The minimum atomic E-state index is -0.0944. The molecule has 1 aromatic carbocycles. The maximum absolute atomic E-state index is 9.62. The second-order valence-corrected chi connectivity index (χ2v) is 5.14. The molecule has 3 heteroatoms. The Balaban J connectivity index is 1.88. The molecule has 94 valence electrons. The Hall–Kier alpha value is -1.22. The van der Waals surface area contributed by atoms with Crippen LogP contribution in [0.4, 0.5) is 11.4 Å². The Morgan fingerprint density at radius 2 is 2.24 bits per heavy atom. The van der Waals surface area contributed by atoms with E-state index in [1.807, 2.05) is 18.2 Å². The second-order valence-electron chi connectivity index (χ2n) is 5.14. The summed E-state index contributed by atoms with van der Waals surface area (Å²) in [6, 6.07) is 5.94. The molecule has 4 N–H and O–H groups in total. The molecule has 1 aromatic rings. The monoisotopic (exact) mass is 234 g/mol. The molecule has 0 radical (unpaired) electrons. The topological polar surface area (TPSA) is 58.3 Å². The molecule has 1 aliphatic rings. The normalized spacial score (nSPS) is 24.6. The van der Waals surface area contributed by atoms with Gasteiger partial charge in [0.1, 0.15) is 0 Å². The number of aliphatic hydroxyl groups excluding tert-OH is 1. The molecule has 2 rings (SSSR count). The Morgan fingerprint density at radius 1 is 1.41 bits per heavy atom. The fourth-order valence-electron chi connectivity index (χ4n) is 2.59. The minimum Gasteiger partial charge on any atom is -0.399 e. The van der Waals surface area contributed by atoms with E-state index in [1.54, 1.807) is 0 Å². The van der Waals surface area contributed by atoms with Crippen molar-refractivity contribution in [1.82, 2.24) is 0 Å². The fraction of sp³-hybridized carbons (Fsp3) is 0.571. The zero-order valence-electron chi connectivity index (χ0n) is 10.4. The average Bonchev–Trinajstić information content (AvgIpc) is 2.28. The molecule has 0 aromatic heterocycles. The molecule has 0 aliphatic heterocycles. The van der Waals surface area contributed by atoms with Crippen molar-refractivity contribution in [1.29, 1.82) is 0 Å². The number of nitrogens with one attached hydrogen (secondary N) is 1. The van der Waals surface area contributed by atoms with Crippen LogP contribution >= 0.6 is 0 Å². The zero-order chi connectivity index (χ0) is 12.3.